The molecule has 1 aliphatic carbocycles. The van der Waals surface area contributed by atoms with Crippen LogP contribution in [0.2, 0.25) is 5.02 Å². The number of nitrogens with two attached hydrogens (primary N) is 1. The van der Waals surface area contributed by atoms with Gasteiger partial charge >= 0.3 is 0 Å². The van der Waals surface area contributed by atoms with Crippen LogP contribution in [0.25, 0.3) is 0 Å². The second kappa shape index (κ2) is 6.19. The smallest absolute Gasteiger partial charge is 0.241 e. The molecule has 0 bridgehead atoms. The fourth-order valence-electron chi connectivity index (χ4n) is 3.01. The maximum atomic E-state index is 12.7. The molecule has 3 atom stereocenters. The van der Waals surface area contributed by atoms with Gasteiger partial charge in [0.2, 0.25) is 5.91 Å². The Bertz CT molecular complexity index is 561. The first kappa shape index (κ1) is 17.3. The number of hydrogen-bond donors (Lipinski definition) is 2. The largest absolute Gasteiger partial charge is 0.378 e. The Hall–Kier alpha value is -1.10. The summed E-state index contributed by atoms with van der Waals surface area (Å²) < 4.78 is 5.67. The van der Waals surface area contributed by atoms with E-state index in [1.165, 1.54) is 0 Å². The quantitative estimate of drug-likeness (QED) is 0.875. The number of amides is 1. The molecule has 1 aromatic carbocycles. The Morgan fingerprint density at radius 3 is 2.77 bits per heavy atom. The lowest BCUT2D eigenvalue weighted by Crippen LogP contribution is -2.75. The summed E-state index contributed by atoms with van der Waals surface area (Å²) in [4.78, 5) is 12.7. The predicted molar refractivity (Wildman–Crippen MR) is 88.7 cm³/mol. The van der Waals surface area contributed by atoms with Crippen LogP contribution in [0.3, 0.4) is 0 Å². The van der Waals surface area contributed by atoms with E-state index in [-0.39, 0.29) is 23.5 Å². The molecule has 0 radical (unpaired) electrons. The Labute approximate surface area is 137 Å². The third kappa shape index (κ3) is 2.87. The van der Waals surface area contributed by atoms with E-state index in [1.54, 1.807) is 0 Å². The maximum absolute atomic E-state index is 12.7. The molecule has 1 aliphatic rings. The van der Waals surface area contributed by atoms with Gasteiger partial charge in [-0.15, -0.1) is 0 Å². The highest BCUT2D eigenvalue weighted by molar-refractivity contribution is 6.30. The molecule has 3 unspecified atom stereocenters. The van der Waals surface area contributed by atoms with Gasteiger partial charge in [-0.25, -0.2) is 0 Å². The number of hydrogen-bond acceptors (Lipinski definition) is 3. The van der Waals surface area contributed by atoms with E-state index in [4.69, 9.17) is 22.1 Å². The van der Waals surface area contributed by atoms with E-state index in [0.29, 0.717) is 18.1 Å². The normalized spacial score (nSPS) is 27.8. The fraction of sp³-hybridized carbons (Fsp3) is 0.588. The van der Waals surface area contributed by atoms with Crippen LogP contribution in [-0.4, -0.2) is 24.2 Å². The molecule has 0 heterocycles. The number of ether oxygens (including phenoxy) is 1. The van der Waals surface area contributed by atoms with Crippen molar-refractivity contribution in [1.82, 2.24) is 5.32 Å². The molecule has 3 N–H and O–H groups in total. The van der Waals surface area contributed by atoms with Gasteiger partial charge in [-0.2, -0.15) is 0 Å². The second-order valence-electron chi connectivity index (χ2n) is 6.59. The lowest BCUT2D eigenvalue weighted by molar-refractivity contribution is -0.171. The van der Waals surface area contributed by atoms with E-state index in [0.717, 1.165) is 5.56 Å². The van der Waals surface area contributed by atoms with Crippen LogP contribution in [0.5, 0.6) is 0 Å². The zero-order valence-electron chi connectivity index (χ0n) is 13.7. The topological polar surface area (TPSA) is 64.3 Å². The van der Waals surface area contributed by atoms with Gasteiger partial charge in [-0.3, -0.25) is 4.79 Å². The van der Waals surface area contributed by atoms with Gasteiger partial charge in [0.25, 0.3) is 0 Å². The average Bonchev–Trinajstić information content (AvgIpc) is 2.46. The standard InChI is InChI=1S/C17H25ClN2O2/c1-5-22-14-10-17(19,16(14,3)4)15(21)20-11(2)12-7-6-8-13(18)9-12/h6-9,11,14H,5,10,19H2,1-4H3,(H,20,21). The van der Waals surface area contributed by atoms with Crippen LogP contribution in [0, 0.1) is 5.41 Å². The number of carbonyl (C=O) groups excluding carboxylic acids is 1. The second-order valence-corrected chi connectivity index (χ2v) is 7.03. The molecule has 0 spiro atoms. The molecule has 22 heavy (non-hydrogen) atoms. The minimum absolute atomic E-state index is 0.0229. The molecule has 1 fully saturated rings. The van der Waals surface area contributed by atoms with Crippen molar-refractivity contribution >= 4 is 17.5 Å². The van der Waals surface area contributed by atoms with Crippen molar-refractivity contribution in [2.45, 2.75) is 51.8 Å². The molecular weight excluding hydrogens is 300 g/mol. The molecule has 4 nitrogen and oxygen atoms in total. The number of rotatable bonds is 5. The van der Waals surface area contributed by atoms with Gasteiger partial charge in [0.05, 0.1) is 12.1 Å². The van der Waals surface area contributed by atoms with Crippen molar-refractivity contribution in [3.63, 3.8) is 0 Å². The summed E-state index contributed by atoms with van der Waals surface area (Å²) in [5.74, 6) is -0.138. The Morgan fingerprint density at radius 2 is 2.23 bits per heavy atom. The summed E-state index contributed by atoms with van der Waals surface area (Å²) in [6.45, 7) is 8.48. The lowest BCUT2D eigenvalue weighted by atomic mass is 9.54. The average molecular weight is 325 g/mol. The summed E-state index contributed by atoms with van der Waals surface area (Å²) in [6, 6.07) is 7.33. The van der Waals surface area contributed by atoms with E-state index in [1.807, 2.05) is 52.0 Å². The molecule has 1 saturated carbocycles. The monoisotopic (exact) mass is 324 g/mol. The Morgan fingerprint density at radius 1 is 1.55 bits per heavy atom. The van der Waals surface area contributed by atoms with Gasteiger partial charge < -0.3 is 15.8 Å². The van der Waals surface area contributed by atoms with E-state index in [2.05, 4.69) is 5.32 Å². The zero-order valence-corrected chi connectivity index (χ0v) is 14.4. The summed E-state index contributed by atoms with van der Waals surface area (Å²) in [7, 11) is 0. The fourth-order valence-corrected chi connectivity index (χ4v) is 3.20. The highest BCUT2D eigenvalue weighted by Gasteiger charge is 2.62. The van der Waals surface area contributed by atoms with Gasteiger partial charge in [0, 0.05) is 23.5 Å². The van der Waals surface area contributed by atoms with Crippen LogP contribution in [-0.2, 0) is 9.53 Å². The van der Waals surface area contributed by atoms with Crippen molar-refractivity contribution in [3.05, 3.63) is 34.9 Å². The van der Waals surface area contributed by atoms with Crippen molar-refractivity contribution < 1.29 is 9.53 Å². The van der Waals surface area contributed by atoms with Gasteiger partial charge in [0.1, 0.15) is 5.54 Å². The van der Waals surface area contributed by atoms with Crippen LogP contribution in [0.15, 0.2) is 24.3 Å². The number of carbonyl (C=O) groups is 1. The van der Waals surface area contributed by atoms with Crippen molar-refractivity contribution in [3.8, 4) is 0 Å². The number of nitrogens with one attached hydrogen (secondary N) is 1. The van der Waals surface area contributed by atoms with Crippen LogP contribution < -0.4 is 11.1 Å². The van der Waals surface area contributed by atoms with Crippen LogP contribution in [0.4, 0.5) is 0 Å². The van der Waals surface area contributed by atoms with Crippen LogP contribution >= 0.6 is 11.6 Å². The predicted octanol–water partition coefficient (Wildman–Crippen LogP) is 3.05. The van der Waals surface area contributed by atoms with E-state index < -0.39 is 5.54 Å². The summed E-state index contributed by atoms with van der Waals surface area (Å²) >= 11 is 6.00. The third-order valence-electron chi connectivity index (χ3n) is 4.93. The van der Waals surface area contributed by atoms with Gasteiger partial charge in [-0.05, 0) is 31.5 Å². The molecule has 122 valence electrons. The molecular formula is C17H25ClN2O2. The molecule has 0 aliphatic heterocycles. The van der Waals surface area contributed by atoms with Crippen molar-refractivity contribution in [1.29, 1.82) is 0 Å². The molecule has 2 rings (SSSR count). The third-order valence-corrected chi connectivity index (χ3v) is 5.17. The van der Waals surface area contributed by atoms with Gasteiger partial charge in [0.15, 0.2) is 0 Å². The highest BCUT2D eigenvalue weighted by atomic mass is 35.5. The zero-order chi connectivity index (χ0) is 16.5. The molecule has 1 aromatic rings. The Kier molecular flexibility index (Phi) is 4.85. The van der Waals surface area contributed by atoms with Crippen molar-refractivity contribution in [2.75, 3.05) is 6.61 Å². The molecule has 5 heteroatoms. The van der Waals surface area contributed by atoms with Crippen LogP contribution in [0.1, 0.15) is 45.7 Å². The summed E-state index contributed by atoms with van der Waals surface area (Å²) in [6.07, 6.45) is 0.566. The Balaban J connectivity index is 2.06. The molecule has 0 saturated heterocycles. The highest BCUT2D eigenvalue weighted by Crippen LogP contribution is 2.50. The minimum Gasteiger partial charge on any atom is -0.378 e. The van der Waals surface area contributed by atoms with Gasteiger partial charge in [-0.1, -0.05) is 37.6 Å². The number of halogens is 1. The first-order valence-electron chi connectivity index (χ1n) is 7.69. The van der Waals surface area contributed by atoms with Crippen molar-refractivity contribution in [2.24, 2.45) is 11.1 Å². The summed E-state index contributed by atoms with van der Waals surface area (Å²) in [5.41, 5.74) is 6.05. The van der Waals surface area contributed by atoms with E-state index >= 15 is 0 Å². The first-order chi connectivity index (χ1) is 10.2. The maximum Gasteiger partial charge on any atom is 0.241 e. The minimum atomic E-state index is -0.903. The number of benzene rings is 1. The molecule has 1 amide bonds. The molecule has 0 aromatic heterocycles. The summed E-state index contributed by atoms with van der Waals surface area (Å²) in [5, 5.41) is 3.66. The van der Waals surface area contributed by atoms with E-state index in [9.17, 15) is 4.79 Å². The first-order valence-corrected chi connectivity index (χ1v) is 8.07. The lowest BCUT2D eigenvalue weighted by Gasteiger charge is -2.57. The SMILES string of the molecule is CCOC1CC(N)(C(=O)NC(C)c2cccc(Cl)c2)C1(C)C.